The second-order valence-corrected chi connectivity index (χ2v) is 6.43. The van der Waals surface area contributed by atoms with Gasteiger partial charge in [0.2, 0.25) is 0 Å². The van der Waals surface area contributed by atoms with Crippen LogP contribution in [0.2, 0.25) is 0 Å². The van der Waals surface area contributed by atoms with Crippen LogP contribution in [0.15, 0.2) is 48.0 Å². The number of nitrogens with zero attached hydrogens (tertiary/aromatic N) is 7. The van der Waals surface area contributed by atoms with Crippen molar-refractivity contribution in [3.63, 3.8) is 0 Å². The summed E-state index contributed by atoms with van der Waals surface area (Å²) in [5.74, 6) is 0.728. The van der Waals surface area contributed by atoms with Crippen LogP contribution in [0.25, 0.3) is 5.82 Å². The summed E-state index contributed by atoms with van der Waals surface area (Å²) in [4.78, 5) is 25.3. The molecule has 0 radical (unpaired) electrons. The molecule has 11 heteroatoms. The number of hydrogen-bond donors (Lipinski definition) is 0. The first-order valence-electron chi connectivity index (χ1n) is 8.64. The largest absolute Gasteiger partial charge is 0.433 e. The molecule has 0 saturated carbocycles. The highest BCUT2D eigenvalue weighted by atomic mass is 19.4. The molecule has 3 aromatic rings. The minimum absolute atomic E-state index is 0.195. The maximum atomic E-state index is 13.0. The first kappa shape index (κ1) is 18.1. The number of aromatic nitrogens is 6. The van der Waals surface area contributed by atoms with Crippen molar-refractivity contribution in [3.8, 4) is 5.82 Å². The smallest absolute Gasteiger partial charge is 0.352 e. The lowest BCUT2D eigenvalue weighted by Gasteiger charge is -2.26. The van der Waals surface area contributed by atoms with Crippen LogP contribution in [-0.4, -0.2) is 41.9 Å². The van der Waals surface area contributed by atoms with Crippen LogP contribution in [0, 0.1) is 0 Å². The van der Waals surface area contributed by atoms with Crippen molar-refractivity contribution in [1.29, 1.82) is 0 Å². The molecule has 0 amide bonds. The Labute approximate surface area is 157 Å². The monoisotopic (exact) mass is 391 g/mol. The Kier molecular flexibility index (Phi) is 4.57. The molecule has 4 rings (SSSR count). The van der Waals surface area contributed by atoms with Crippen LogP contribution in [0.5, 0.6) is 0 Å². The van der Waals surface area contributed by atoms with Crippen LogP contribution in [0.3, 0.4) is 0 Å². The topological polar surface area (TPSA) is 81.7 Å². The van der Waals surface area contributed by atoms with Crippen molar-refractivity contribution in [2.24, 2.45) is 0 Å². The van der Waals surface area contributed by atoms with E-state index in [0.29, 0.717) is 12.4 Å². The first-order valence-corrected chi connectivity index (χ1v) is 8.64. The van der Waals surface area contributed by atoms with Gasteiger partial charge in [-0.3, -0.25) is 9.36 Å². The van der Waals surface area contributed by atoms with Crippen molar-refractivity contribution in [2.75, 3.05) is 11.4 Å². The molecule has 1 aliphatic rings. The molecule has 8 nitrogen and oxygen atoms in total. The third kappa shape index (κ3) is 3.59. The predicted molar refractivity (Wildman–Crippen MR) is 93.0 cm³/mol. The molecule has 146 valence electrons. The van der Waals surface area contributed by atoms with Crippen molar-refractivity contribution in [3.05, 3.63) is 59.3 Å². The summed E-state index contributed by atoms with van der Waals surface area (Å²) in [6.45, 7) is 0.793. The van der Waals surface area contributed by atoms with E-state index in [1.165, 1.54) is 10.7 Å². The minimum atomic E-state index is -4.54. The Hall–Kier alpha value is -3.24. The van der Waals surface area contributed by atoms with E-state index in [2.05, 4.69) is 20.1 Å². The van der Waals surface area contributed by atoms with Crippen LogP contribution in [-0.2, 0) is 12.7 Å². The number of rotatable bonds is 4. The molecule has 0 aromatic carbocycles. The summed E-state index contributed by atoms with van der Waals surface area (Å²) in [7, 11) is 0. The van der Waals surface area contributed by atoms with Gasteiger partial charge in [-0.2, -0.15) is 18.3 Å². The van der Waals surface area contributed by atoms with Crippen LogP contribution in [0.4, 0.5) is 19.0 Å². The summed E-state index contributed by atoms with van der Waals surface area (Å²) in [6, 6.07) is 3.75. The normalized spacial score (nSPS) is 17.2. The Morgan fingerprint density at radius 2 is 2.04 bits per heavy atom. The number of alkyl halides is 3. The standard InChI is InChI=1S/C17H16F3N7O/c18-17(19,20)13-8-15(23-10-22-13)26-6-1-2-12(26)9-27-16(28)4-3-14(24-27)25-7-5-21-11-25/h3-5,7-8,10-12H,1-2,6,9H2. The predicted octanol–water partition coefficient (Wildman–Crippen LogP) is 1.91. The molecule has 0 bridgehead atoms. The average Bonchev–Trinajstić information content (AvgIpc) is 3.35. The van der Waals surface area contributed by atoms with E-state index in [1.54, 1.807) is 34.3 Å². The quantitative estimate of drug-likeness (QED) is 0.676. The van der Waals surface area contributed by atoms with Crippen LogP contribution >= 0.6 is 0 Å². The van der Waals surface area contributed by atoms with Gasteiger partial charge in [0.05, 0.1) is 12.6 Å². The highest BCUT2D eigenvalue weighted by molar-refractivity contribution is 5.42. The number of hydrogen-bond acceptors (Lipinski definition) is 6. The van der Waals surface area contributed by atoms with Gasteiger partial charge in [0.1, 0.15) is 24.2 Å². The fourth-order valence-corrected chi connectivity index (χ4v) is 3.29. The Balaban J connectivity index is 1.60. The van der Waals surface area contributed by atoms with Crippen LogP contribution in [0.1, 0.15) is 18.5 Å². The zero-order chi connectivity index (χ0) is 19.7. The van der Waals surface area contributed by atoms with Gasteiger partial charge < -0.3 is 4.90 Å². The maximum Gasteiger partial charge on any atom is 0.433 e. The second-order valence-electron chi connectivity index (χ2n) is 6.43. The van der Waals surface area contributed by atoms with Gasteiger partial charge in [-0.05, 0) is 18.9 Å². The van der Waals surface area contributed by atoms with Gasteiger partial charge >= 0.3 is 6.18 Å². The first-order chi connectivity index (χ1) is 13.4. The molecule has 1 fully saturated rings. The van der Waals surface area contributed by atoms with Crippen molar-refractivity contribution in [2.45, 2.75) is 31.6 Å². The van der Waals surface area contributed by atoms with Crippen molar-refractivity contribution >= 4 is 5.82 Å². The van der Waals surface area contributed by atoms with Gasteiger partial charge in [-0.1, -0.05) is 0 Å². The zero-order valence-corrected chi connectivity index (χ0v) is 14.6. The summed E-state index contributed by atoms with van der Waals surface area (Å²) in [5.41, 5.74) is -1.27. The fraction of sp³-hybridized carbons (Fsp3) is 0.353. The SMILES string of the molecule is O=c1ccc(-n2ccnc2)nn1CC1CCCN1c1cc(C(F)(F)F)ncn1. The van der Waals surface area contributed by atoms with Gasteiger partial charge in [-0.25, -0.2) is 19.6 Å². The van der Waals surface area contributed by atoms with Gasteiger partial charge in [0.25, 0.3) is 5.56 Å². The summed E-state index contributed by atoms with van der Waals surface area (Å²) in [5, 5.41) is 4.35. The lowest BCUT2D eigenvalue weighted by atomic mass is 10.2. The van der Waals surface area contributed by atoms with E-state index in [1.807, 2.05) is 0 Å². The molecular weight excluding hydrogens is 375 g/mol. The van der Waals surface area contributed by atoms with Gasteiger partial charge in [0.15, 0.2) is 5.82 Å². The molecule has 1 aliphatic heterocycles. The van der Waals surface area contributed by atoms with E-state index < -0.39 is 11.9 Å². The van der Waals surface area contributed by atoms with Gasteiger partial charge in [0, 0.05) is 31.1 Å². The minimum Gasteiger partial charge on any atom is -0.352 e. The van der Waals surface area contributed by atoms with E-state index in [0.717, 1.165) is 25.2 Å². The molecule has 3 aromatic heterocycles. The molecule has 4 heterocycles. The van der Waals surface area contributed by atoms with Crippen molar-refractivity contribution in [1.82, 2.24) is 29.3 Å². The third-order valence-corrected chi connectivity index (χ3v) is 4.62. The fourth-order valence-electron chi connectivity index (χ4n) is 3.29. The Bertz CT molecular complexity index is 1020. The van der Waals surface area contributed by atoms with E-state index in [-0.39, 0.29) is 24.0 Å². The molecule has 28 heavy (non-hydrogen) atoms. The number of anilines is 1. The summed E-state index contributed by atoms with van der Waals surface area (Å²) < 4.78 is 41.9. The number of imidazole rings is 1. The maximum absolute atomic E-state index is 13.0. The zero-order valence-electron chi connectivity index (χ0n) is 14.6. The molecule has 0 N–H and O–H groups in total. The highest BCUT2D eigenvalue weighted by Gasteiger charge is 2.34. The van der Waals surface area contributed by atoms with Crippen molar-refractivity contribution < 1.29 is 13.2 Å². The lowest BCUT2D eigenvalue weighted by molar-refractivity contribution is -0.141. The molecule has 1 atom stereocenters. The number of halogens is 3. The molecule has 0 aliphatic carbocycles. The Morgan fingerprint density at radius 3 is 2.79 bits per heavy atom. The highest BCUT2D eigenvalue weighted by Crippen LogP contribution is 2.31. The van der Waals surface area contributed by atoms with E-state index in [4.69, 9.17) is 0 Å². The van der Waals surface area contributed by atoms with E-state index >= 15 is 0 Å². The van der Waals surface area contributed by atoms with Gasteiger partial charge in [-0.15, -0.1) is 0 Å². The van der Waals surface area contributed by atoms with Crippen LogP contribution < -0.4 is 10.5 Å². The molecule has 0 spiro atoms. The molecular formula is C17H16F3N7O. The third-order valence-electron chi connectivity index (χ3n) is 4.62. The molecule has 1 saturated heterocycles. The summed E-state index contributed by atoms with van der Waals surface area (Å²) >= 11 is 0. The Morgan fingerprint density at radius 1 is 1.18 bits per heavy atom. The summed E-state index contributed by atoms with van der Waals surface area (Å²) in [6.07, 6.45) is 2.75. The lowest BCUT2D eigenvalue weighted by Crippen LogP contribution is -2.37. The van der Waals surface area contributed by atoms with E-state index in [9.17, 15) is 18.0 Å². The molecule has 1 unspecified atom stereocenters. The average molecular weight is 391 g/mol. The second kappa shape index (κ2) is 7.06.